The molecule has 0 aliphatic heterocycles. The van der Waals surface area contributed by atoms with Crippen molar-refractivity contribution < 1.29 is 23.8 Å². The molecule has 1 unspecified atom stereocenters. The highest BCUT2D eigenvalue weighted by Crippen LogP contribution is 2.16. The monoisotopic (exact) mass is 923 g/mol. The van der Waals surface area contributed by atoms with Gasteiger partial charge in [-0.15, -0.1) is 0 Å². The topological polar surface area (TPSA) is 61.8 Å². The largest absolute Gasteiger partial charge is 0.462 e. The number of carbonyl (C=O) groups excluding carboxylic acids is 2. The second-order valence-corrected chi connectivity index (χ2v) is 19.2. The van der Waals surface area contributed by atoms with Gasteiger partial charge in [-0.05, 0) is 57.8 Å². The minimum atomic E-state index is -0.556. The van der Waals surface area contributed by atoms with Crippen LogP contribution in [0.2, 0.25) is 0 Å². The molecule has 0 rings (SSSR count). The second-order valence-electron chi connectivity index (χ2n) is 19.2. The minimum Gasteiger partial charge on any atom is -0.462 e. The standard InChI is InChI=1S/C61H110O5/c1-4-7-10-13-16-19-22-25-28-31-33-36-39-42-45-48-51-54-60(62)65-58-59(57-64-56-53-50-47-44-41-38-35-30-27-24-21-18-15-12-9-6-3)66-61(63)55-52-49-46-43-40-37-34-32-29-26-23-20-17-14-11-8-5-2/h7,10,16,19,25,28,33,36,42,45,59H,4-6,8-9,11-15,17-18,20-24,26-27,29-32,34-35,37-41,43-44,46-58H2,1-3H3/b10-7-,19-16-,28-25-,36-33-,45-42-. The molecule has 5 nitrogen and oxygen atoms in total. The third-order valence-electron chi connectivity index (χ3n) is 12.6. The zero-order chi connectivity index (χ0) is 47.7. The molecule has 0 saturated heterocycles. The van der Waals surface area contributed by atoms with Crippen LogP contribution in [-0.4, -0.2) is 37.9 Å². The van der Waals surface area contributed by atoms with Crippen molar-refractivity contribution in [2.75, 3.05) is 19.8 Å². The van der Waals surface area contributed by atoms with E-state index in [0.29, 0.717) is 19.4 Å². The van der Waals surface area contributed by atoms with E-state index in [9.17, 15) is 9.59 Å². The summed E-state index contributed by atoms with van der Waals surface area (Å²) in [7, 11) is 0. The number of hydrogen-bond donors (Lipinski definition) is 0. The quantitative estimate of drug-likeness (QED) is 0.0346. The number of allylic oxidation sites excluding steroid dienone is 10. The summed E-state index contributed by atoms with van der Waals surface area (Å²) < 4.78 is 17.4. The minimum absolute atomic E-state index is 0.0598. The van der Waals surface area contributed by atoms with Crippen molar-refractivity contribution in [2.24, 2.45) is 0 Å². The Balaban J connectivity index is 4.32. The van der Waals surface area contributed by atoms with E-state index in [1.165, 1.54) is 186 Å². The van der Waals surface area contributed by atoms with Crippen molar-refractivity contribution in [3.63, 3.8) is 0 Å². The van der Waals surface area contributed by atoms with Crippen LogP contribution in [0.4, 0.5) is 0 Å². The van der Waals surface area contributed by atoms with Gasteiger partial charge in [0.25, 0.3) is 0 Å². The number of carbonyl (C=O) groups is 2. The van der Waals surface area contributed by atoms with Crippen LogP contribution in [0, 0.1) is 0 Å². The molecule has 66 heavy (non-hydrogen) atoms. The Kier molecular flexibility index (Phi) is 54.9. The zero-order valence-electron chi connectivity index (χ0n) is 44.2. The van der Waals surface area contributed by atoms with E-state index in [-0.39, 0.29) is 25.2 Å². The predicted octanol–water partition coefficient (Wildman–Crippen LogP) is 19.7. The average Bonchev–Trinajstić information content (AvgIpc) is 3.32. The molecule has 0 aliphatic carbocycles. The van der Waals surface area contributed by atoms with Gasteiger partial charge >= 0.3 is 11.9 Å². The van der Waals surface area contributed by atoms with Gasteiger partial charge in [0.15, 0.2) is 6.10 Å². The van der Waals surface area contributed by atoms with E-state index in [1.807, 2.05) is 0 Å². The lowest BCUT2D eigenvalue weighted by Gasteiger charge is -2.18. The summed E-state index contributed by atoms with van der Waals surface area (Å²) in [5.74, 6) is -0.448. The van der Waals surface area contributed by atoms with Crippen LogP contribution in [0.15, 0.2) is 60.8 Å². The molecule has 384 valence electrons. The molecule has 0 radical (unpaired) electrons. The van der Waals surface area contributed by atoms with Crippen molar-refractivity contribution in [3.05, 3.63) is 60.8 Å². The lowest BCUT2D eigenvalue weighted by molar-refractivity contribution is -0.163. The number of unbranched alkanes of at least 4 members (excludes halogenated alkanes) is 32. The SMILES string of the molecule is CC/C=C\C/C=C\C/C=C\C/C=C\C/C=C\CCCC(=O)OCC(COCCCCCCCCCCCCCCCCCC)OC(=O)CCCCCCCCCCCCCCCCCCC. The highest BCUT2D eigenvalue weighted by atomic mass is 16.6. The first-order chi connectivity index (χ1) is 32.6. The third-order valence-corrected chi connectivity index (χ3v) is 12.6. The summed E-state index contributed by atoms with van der Waals surface area (Å²) in [5, 5.41) is 0. The Hall–Kier alpha value is -2.40. The summed E-state index contributed by atoms with van der Waals surface area (Å²) in [6.45, 7) is 7.71. The third kappa shape index (κ3) is 54.2. The van der Waals surface area contributed by atoms with E-state index >= 15 is 0 Å². The van der Waals surface area contributed by atoms with Crippen molar-refractivity contribution in [1.29, 1.82) is 0 Å². The first-order valence-electron chi connectivity index (χ1n) is 28.8. The van der Waals surface area contributed by atoms with Crippen LogP contribution in [0.3, 0.4) is 0 Å². The molecule has 1 atom stereocenters. The van der Waals surface area contributed by atoms with Gasteiger partial charge in [-0.25, -0.2) is 0 Å². The molecular formula is C61H110O5. The van der Waals surface area contributed by atoms with Gasteiger partial charge in [0.2, 0.25) is 0 Å². The Bertz CT molecular complexity index is 1130. The Labute approximate surface area is 411 Å². The first kappa shape index (κ1) is 63.6. The molecule has 0 heterocycles. The molecule has 0 spiro atoms. The Morgan fingerprint density at radius 1 is 0.348 bits per heavy atom. The normalized spacial score (nSPS) is 12.6. The van der Waals surface area contributed by atoms with Crippen molar-refractivity contribution in [3.8, 4) is 0 Å². The van der Waals surface area contributed by atoms with Gasteiger partial charge in [0.05, 0.1) is 6.61 Å². The summed E-state index contributed by atoms with van der Waals surface area (Å²) in [4.78, 5) is 25.5. The lowest BCUT2D eigenvalue weighted by atomic mass is 10.0. The molecular weight excluding hydrogens is 813 g/mol. The number of rotatable bonds is 53. The summed E-state index contributed by atoms with van der Waals surface area (Å²) in [6.07, 6.45) is 72.5. The van der Waals surface area contributed by atoms with Gasteiger partial charge in [0, 0.05) is 19.4 Å². The fourth-order valence-corrected chi connectivity index (χ4v) is 8.31. The van der Waals surface area contributed by atoms with Gasteiger partial charge in [-0.1, -0.05) is 281 Å². The predicted molar refractivity (Wildman–Crippen MR) is 288 cm³/mol. The summed E-state index contributed by atoms with van der Waals surface area (Å²) >= 11 is 0. The molecule has 0 N–H and O–H groups in total. The Morgan fingerprint density at radius 3 is 1.08 bits per heavy atom. The number of ether oxygens (including phenoxy) is 3. The summed E-state index contributed by atoms with van der Waals surface area (Å²) in [6, 6.07) is 0. The number of hydrogen-bond acceptors (Lipinski definition) is 5. The van der Waals surface area contributed by atoms with E-state index in [0.717, 1.165) is 70.6 Å². The molecule has 0 bridgehead atoms. The fraction of sp³-hybridized carbons (Fsp3) is 0.803. The number of esters is 2. The van der Waals surface area contributed by atoms with Crippen LogP contribution >= 0.6 is 0 Å². The molecule has 0 aromatic heterocycles. The maximum atomic E-state index is 12.9. The second kappa shape index (κ2) is 56.9. The van der Waals surface area contributed by atoms with Crippen molar-refractivity contribution in [2.45, 2.75) is 297 Å². The molecule has 0 aliphatic rings. The smallest absolute Gasteiger partial charge is 0.306 e. The van der Waals surface area contributed by atoms with Crippen LogP contribution in [0.1, 0.15) is 290 Å². The molecule has 0 saturated carbocycles. The maximum absolute atomic E-state index is 12.9. The molecule has 0 aromatic carbocycles. The highest BCUT2D eigenvalue weighted by Gasteiger charge is 2.17. The van der Waals surface area contributed by atoms with Crippen LogP contribution in [0.5, 0.6) is 0 Å². The zero-order valence-corrected chi connectivity index (χ0v) is 44.2. The van der Waals surface area contributed by atoms with Gasteiger partial charge in [0.1, 0.15) is 6.61 Å². The highest BCUT2D eigenvalue weighted by molar-refractivity contribution is 5.70. The molecule has 0 amide bonds. The lowest BCUT2D eigenvalue weighted by Crippen LogP contribution is -2.30. The van der Waals surface area contributed by atoms with E-state index < -0.39 is 6.10 Å². The fourth-order valence-electron chi connectivity index (χ4n) is 8.31. The van der Waals surface area contributed by atoms with E-state index in [2.05, 4.69) is 81.5 Å². The van der Waals surface area contributed by atoms with Crippen LogP contribution < -0.4 is 0 Å². The van der Waals surface area contributed by atoms with Crippen LogP contribution in [0.25, 0.3) is 0 Å². The van der Waals surface area contributed by atoms with Gasteiger partial charge < -0.3 is 14.2 Å². The molecule has 5 heteroatoms. The van der Waals surface area contributed by atoms with Crippen LogP contribution in [-0.2, 0) is 23.8 Å². The van der Waals surface area contributed by atoms with Gasteiger partial charge in [-0.3, -0.25) is 9.59 Å². The maximum Gasteiger partial charge on any atom is 0.306 e. The summed E-state index contributed by atoms with van der Waals surface area (Å²) in [5.41, 5.74) is 0. The van der Waals surface area contributed by atoms with E-state index in [4.69, 9.17) is 14.2 Å². The molecule has 0 aromatic rings. The van der Waals surface area contributed by atoms with Crippen molar-refractivity contribution >= 4 is 11.9 Å². The Morgan fingerprint density at radius 2 is 0.682 bits per heavy atom. The first-order valence-corrected chi connectivity index (χ1v) is 28.8. The van der Waals surface area contributed by atoms with E-state index in [1.54, 1.807) is 0 Å². The molecule has 0 fully saturated rings. The average molecular weight is 924 g/mol. The van der Waals surface area contributed by atoms with Gasteiger partial charge in [-0.2, -0.15) is 0 Å². The van der Waals surface area contributed by atoms with Crippen molar-refractivity contribution in [1.82, 2.24) is 0 Å².